The Morgan fingerprint density at radius 3 is 2.58 bits per heavy atom. The van der Waals surface area contributed by atoms with Crippen molar-refractivity contribution in [3.05, 3.63) is 71.2 Å². The molecular formula is C17H13ClO. The lowest BCUT2D eigenvalue weighted by atomic mass is 9.97. The quantitative estimate of drug-likeness (QED) is 0.605. The highest BCUT2D eigenvalue weighted by Gasteiger charge is 2.21. The molecule has 2 heteroatoms. The number of rotatable bonds is 2. The molecule has 0 amide bonds. The van der Waals surface area contributed by atoms with E-state index in [4.69, 9.17) is 16.0 Å². The zero-order valence-corrected chi connectivity index (χ0v) is 11.2. The third-order valence-electron chi connectivity index (χ3n) is 3.98. The summed E-state index contributed by atoms with van der Waals surface area (Å²) in [7, 11) is 0. The molecule has 0 N–H and O–H groups in total. The van der Waals surface area contributed by atoms with Gasteiger partial charge in [0.2, 0.25) is 0 Å². The standard InChI is InChI=1S/C17H13ClO/c18-17(15-5-2-10-19-15)14-9-8-12-7-6-11-3-1-4-13(14)16(11)12/h1-5,8-10,17H,6-7H2. The Morgan fingerprint density at radius 1 is 0.947 bits per heavy atom. The predicted molar refractivity (Wildman–Crippen MR) is 77.8 cm³/mol. The minimum Gasteiger partial charge on any atom is -0.467 e. The fourth-order valence-corrected chi connectivity index (χ4v) is 3.39. The van der Waals surface area contributed by atoms with Crippen LogP contribution in [-0.2, 0) is 12.8 Å². The van der Waals surface area contributed by atoms with Crippen molar-refractivity contribution in [3.63, 3.8) is 0 Å². The molecule has 1 heterocycles. The van der Waals surface area contributed by atoms with Crippen molar-refractivity contribution in [2.45, 2.75) is 18.2 Å². The molecule has 1 nitrogen and oxygen atoms in total. The molecule has 1 atom stereocenters. The summed E-state index contributed by atoms with van der Waals surface area (Å²) in [6.45, 7) is 0. The first-order chi connectivity index (χ1) is 9.34. The molecule has 1 aliphatic rings. The summed E-state index contributed by atoms with van der Waals surface area (Å²) < 4.78 is 5.44. The lowest BCUT2D eigenvalue weighted by Crippen LogP contribution is -1.94. The Bertz CT molecular complexity index is 733. The van der Waals surface area contributed by atoms with Crippen LogP contribution in [0.15, 0.2) is 53.1 Å². The molecular weight excluding hydrogens is 256 g/mol. The van der Waals surface area contributed by atoms with Gasteiger partial charge < -0.3 is 4.42 Å². The number of hydrogen-bond acceptors (Lipinski definition) is 1. The van der Waals surface area contributed by atoms with E-state index in [0.717, 1.165) is 24.2 Å². The maximum absolute atomic E-state index is 6.58. The average molecular weight is 269 g/mol. The van der Waals surface area contributed by atoms with Crippen LogP contribution in [0.25, 0.3) is 10.8 Å². The van der Waals surface area contributed by atoms with Crippen molar-refractivity contribution in [1.29, 1.82) is 0 Å². The van der Waals surface area contributed by atoms with Crippen molar-refractivity contribution in [2.75, 3.05) is 0 Å². The molecule has 0 radical (unpaired) electrons. The topological polar surface area (TPSA) is 13.1 Å². The summed E-state index contributed by atoms with van der Waals surface area (Å²) in [6.07, 6.45) is 3.96. The van der Waals surface area contributed by atoms with E-state index >= 15 is 0 Å². The molecule has 0 spiro atoms. The Hall–Kier alpha value is -1.73. The van der Waals surface area contributed by atoms with E-state index in [0.29, 0.717) is 0 Å². The van der Waals surface area contributed by atoms with E-state index in [9.17, 15) is 0 Å². The SMILES string of the molecule is ClC(c1ccco1)c1ccc2c3c(cccc13)CC2. The molecule has 0 bridgehead atoms. The first-order valence-corrected chi connectivity index (χ1v) is 6.99. The summed E-state index contributed by atoms with van der Waals surface area (Å²) in [6, 6.07) is 14.7. The van der Waals surface area contributed by atoms with Gasteiger partial charge in [-0.3, -0.25) is 0 Å². The van der Waals surface area contributed by atoms with Gasteiger partial charge in [-0.05, 0) is 52.4 Å². The van der Waals surface area contributed by atoms with E-state index in [1.54, 1.807) is 6.26 Å². The molecule has 4 rings (SSSR count). The second-order valence-corrected chi connectivity index (χ2v) is 5.47. The van der Waals surface area contributed by atoms with Crippen molar-refractivity contribution in [2.24, 2.45) is 0 Å². The smallest absolute Gasteiger partial charge is 0.126 e. The highest BCUT2D eigenvalue weighted by atomic mass is 35.5. The minimum atomic E-state index is -0.222. The first-order valence-electron chi connectivity index (χ1n) is 6.55. The maximum atomic E-state index is 6.58. The van der Waals surface area contributed by atoms with Crippen LogP contribution in [0.3, 0.4) is 0 Å². The van der Waals surface area contributed by atoms with Crippen molar-refractivity contribution < 1.29 is 4.42 Å². The molecule has 94 valence electrons. The summed E-state index contributed by atoms with van der Waals surface area (Å²) in [5, 5.41) is 2.45. The van der Waals surface area contributed by atoms with Crippen LogP contribution in [0, 0.1) is 0 Å². The molecule has 1 aromatic heterocycles. The summed E-state index contributed by atoms with van der Waals surface area (Å²) in [5.41, 5.74) is 4.02. The Labute approximate surface area is 116 Å². The summed E-state index contributed by atoms with van der Waals surface area (Å²) >= 11 is 6.58. The van der Waals surface area contributed by atoms with Gasteiger partial charge in [-0.2, -0.15) is 0 Å². The van der Waals surface area contributed by atoms with Gasteiger partial charge in [0, 0.05) is 0 Å². The van der Waals surface area contributed by atoms with Crippen LogP contribution < -0.4 is 0 Å². The van der Waals surface area contributed by atoms with Gasteiger partial charge >= 0.3 is 0 Å². The highest BCUT2D eigenvalue weighted by molar-refractivity contribution is 6.23. The molecule has 19 heavy (non-hydrogen) atoms. The number of furan rings is 1. The minimum absolute atomic E-state index is 0.222. The number of aryl methyl sites for hydroxylation is 2. The van der Waals surface area contributed by atoms with E-state index in [-0.39, 0.29) is 5.38 Å². The van der Waals surface area contributed by atoms with Crippen molar-refractivity contribution in [3.8, 4) is 0 Å². The van der Waals surface area contributed by atoms with Gasteiger partial charge in [-0.15, -0.1) is 11.6 Å². The maximum Gasteiger partial charge on any atom is 0.126 e. The van der Waals surface area contributed by atoms with Crippen LogP contribution >= 0.6 is 11.6 Å². The first kappa shape index (κ1) is 11.1. The molecule has 0 saturated heterocycles. The third kappa shape index (κ3) is 1.62. The lowest BCUT2D eigenvalue weighted by Gasteiger charge is -2.12. The largest absolute Gasteiger partial charge is 0.467 e. The number of hydrogen-bond donors (Lipinski definition) is 0. The van der Waals surface area contributed by atoms with E-state index < -0.39 is 0 Å². The van der Waals surface area contributed by atoms with Crippen molar-refractivity contribution >= 4 is 22.4 Å². The van der Waals surface area contributed by atoms with Crippen LogP contribution in [0.5, 0.6) is 0 Å². The summed E-state index contributed by atoms with van der Waals surface area (Å²) in [4.78, 5) is 0. The van der Waals surface area contributed by atoms with Gasteiger partial charge in [0.1, 0.15) is 11.1 Å². The zero-order valence-electron chi connectivity index (χ0n) is 10.4. The molecule has 2 aromatic carbocycles. The Morgan fingerprint density at radius 2 is 1.79 bits per heavy atom. The molecule has 0 fully saturated rings. The van der Waals surface area contributed by atoms with Crippen LogP contribution in [-0.4, -0.2) is 0 Å². The van der Waals surface area contributed by atoms with Gasteiger partial charge in [0.25, 0.3) is 0 Å². The molecule has 0 aliphatic heterocycles. The fourth-order valence-electron chi connectivity index (χ4n) is 3.08. The average Bonchev–Trinajstić information content (AvgIpc) is 3.09. The van der Waals surface area contributed by atoms with E-state index in [1.807, 2.05) is 12.1 Å². The van der Waals surface area contributed by atoms with Gasteiger partial charge in [-0.1, -0.05) is 30.3 Å². The molecule has 0 saturated carbocycles. The molecule has 3 aromatic rings. The van der Waals surface area contributed by atoms with Crippen LogP contribution in [0.2, 0.25) is 0 Å². The normalized spacial score (nSPS) is 15.0. The second kappa shape index (κ2) is 4.14. The fraction of sp³-hybridized carbons (Fsp3) is 0.176. The Balaban J connectivity index is 1.97. The van der Waals surface area contributed by atoms with E-state index in [1.165, 1.54) is 21.9 Å². The second-order valence-electron chi connectivity index (χ2n) is 5.03. The zero-order chi connectivity index (χ0) is 12.8. The molecule has 1 unspecified atom stereocenters. The number of benzene rings is 2. The number of halogens is 1. The van der Waals surface area contributed by atoms with Crippen LogP contribution in [0.1, 0.15) is 27.8 Å². The lowest BCUT2D eigenvalue weighted by molar-refractivity contribution is 0.517. The van der Waals surface area contributed by atoms with Gasteiger partial charge in [0.05, 0.1) is 6.26 Å². The third-order valence-corrected chi connectivity index (χ3v) is 4.43. The summed E-state index contributed by atoms with van der Waals surface area (Å²) in [5.74, 6) is 0.806. The van der Waals surface area contributed by atoms with Crippen LogP contribution in [0.4, 0.5) is 0 Å². The van der Waals surface area contributed by atoms with Crippen molar-refractivity contribution in [1.82, 2.24) is 0 Å². The highest BCUT2D eigenvalue weighted by Crippen LogP contribution is 2.39. The number of alkyl halides is 1. The van der Waals surface area contributed by atoms with Gasteiger partial charge in [0.15, 0.2) is 0 Å². The van der Waals surface area contributed by atoms with Gasteiger partial charge in [-0.25, -0.2) is 0 Å². The predicted octanol–water partition coefficient (Wildman–Crippen LogP) is 4.86. The monoisotopic (exact) mass is 268 g/mol. The Kier molecular flexibility index (Phi) is 2.42. The van der Waals surface area contributed by atoms with E-state index in [2.05, 4.69) is 30.3 Å². The molecule has 1 aliphatic carbocycles.